The molecule has 2 amide bonds. The van der Waals surface area contributed by atoms with Crippen molar-refractivity contribution >= 4 is 34.8 Å². The predicted octanol–water partition coefficient (Wildman–Crippen LogP) is 3.61. The van der Waals surface area contributed by atoms with Crippen LogP contribution in [0.3, 0.4) is 0 Å². The number of thiocarbonyl (C=S) groups is 1. The van der Waals surface area contributed by atoms with Crippen LogP contribution < -0.4 is 16.0 Å². The first-order valence-corrected chi connectivity index (χ1v) is 9.43. The molecule has 1 aromatic carbocycles. The number of hydrogen-bond donors (Lipinski definition) is 3. The molecule has 0 bridgehead atoms. The quantitative estimate of drug-likeness (QED) is 0.701. The molecule has 6 heteroatoms. The van der Waals surface area contributed by atoms with Crippen molar-refractivity contribution in [1.82, 2.24) is 10.6 Å². The highest BCUT2D eigenvalue weighted by molar-refractivity contribution is 7.80. The first-order valence-electron chi connectivity index (χ1n) is 9.02. The standard InChI is InChI=1S/C19H27N3O2S/c1-3-13(2)20-18(24)15-10-7-11-16(12-15)21-19(25)22-17(23)14-8-5-4-6-9-14/h7,10-14H,3-6,8-9H2,1-2H3,(H,20,24)(H2,21,22,23,25). The molecule has 3 N–H and O–H groups in total. The maximum Gasteiger partial charge on any atom is 0.251 e. The third kappa shape index (κ3) is 6.12. The molecular formula is C19H27N3O2S. The van der Waals surface area contributed by atoms with Crippen molar-refractivity contribution in [3.8, 4) is 0 Å². The van der Waals surface area contributed by atoms with E-state index in [-0.39, 0.29) is 28.9 Å². The van der Waals surface area contributed by atoms with Gasteiger partial charge in [0.1, 0.15) is 0 Å². The van der Waals surface area contributed by atoms with Gasteiger partial charge >= 0.3 is 0 Å². The highest BCUT2D eigenvalue weighted by atomic mass is 32.1. The molecule has 1 atom stereocenters. The van der Waals surface area contributed by atoms with E-state index in [9.17, 15) is 9.59 Å². The minimum absolute atomic E-state index is 0.0112. The van der Waals surface area contributed by atoms with Crippen molar-refractivity contribution in [3.05, 3.63) is 29.8 Å². The van der Waals surface area contributed by atoms with Crippen molar-refractivity contribution in [1.29, 1.82) is 0 Å². The minimum atomic E-state index is -0.116. The zero-order chi connectivity index (χ0) is 18.2. The largest absolute Gasteiger partial charge is 0.350 e. The first-order chi connectivity index (χ1) is 12.0. The molecule has 25 heavy (non-hydrogen) atoms. The van der Waals surface area contributed by atoms with E-state index in [0.717, 1.165) is 32.1 Å². The summed E-state index contributed by atoms with van der Waals surface area (Å²) >= 11 is 5.24. The SMILES string of the molecule is CCC(C)NC(=O)c1cccc(NC(=S)NC(=O)C2CCCCC2)c1. The second-order valence-corrected chi connectivity index (χ2v) is 7.05. The number of amides is 2. The number of carbonyl (C=O) groups excluding carboxylic acids is 2. The van der Waals surface area contributed by atoms with Crippen LogP contribution in [-0.4, -0.2) is 23.0 Å². The van der Waals surface area contributed by atoms with Crippen LogP contribution in [0.2, 0.25) is 0 Å². The second-order valence-electron chi connectivity index (χ2n) is 6.64. The Bertz CT molecular complexity index is 627. The van der Waals surface area contributed by atoms with E-state index in [1.807, 2.05) is 19.9 Å². The molecule has 0 aliphatic heterocycles. The summed E-state index contributed by atoms with van der Waals surface area (Å²) < 4.78 is 0. The van der Waals surface area contributed by atoms with Crippen LogP contribution in [0.1, 0.15) is 62.7 Å². The van der Waals surface area contributed by atoms with Crippen LogP contribution in [0.5, 0.6) is 0 Å². The second kappa shape index (κ2) is 9.51. The Morgan fingerprint density at radius 3 is 2.64 bits per heavy atom. The fourth-order valence-electron chi connectivity index (χ4n) is 2.89. The van der Waals surface area contributed by atoms with Gasteiger partial charge in [-0.2, -0.15) is 0 Å². The summed E-state index contributed by atoms with van der Waals surface area (Å²) in [5.41, 5.74) is 1.25. The average molecular weight is 362 g/mol. The molecule has 1 unspecified atom stereocenters. The molecule has 1 aliphatic carbocycles. The lowest BCUT2D eigenvalue weighted by atomic mass is 9.89. The van der Waals surface area contributed by atoms with Crippen molar-refractivity contribution in [2.45, 2.75) is 58.4 Å². The van der Waals surface area contributed by atoms with Crippen LogP contribution >= 0.6 is 12.2 Å². The lowest BCUT2D eigenvalue weighted by Gasteiger charge is -2.21. The van der Waals surface area contributed by atoms with E-state index < -0.39 is 0 Å². The van der Waals surface area contributed by atoms with E-state index >= 15 is 0 Å². The Kier molecular flexibility index (Phi) is 7.37. The third-order valence-corrected chi connectivity index (χ3v) is 4.79. The highest BCUT2D eigenvalue weighted by Crippen LogP contribution is 2.23. The van der Waals surface area contributed by atoms with Crippen LogP contribution in [-0.2, 0) is 4.79 Å². The summed E-state index contributed by atoms with van der Waals surface area (Å²) in [5.74, 6) is -0.0702. The summed E-state index contributed by atoms with van der Waals surface area (Å²) in [7, 11) is 0. The van der Waals surface area contributed by atoms with Gasteiger partial charge in [-0.05, 0) is 56.6 Å². The van der Waals surface area contributed by atoms with E-state index in [4.69, 9.17) is 12.2 Å². The summed E-state index contributed by atoms with van der Waals surface area (Å²) in [5, 5.41) is 8.97. The van der Waals surface area contributed by atoms with Gasteiger partial charge < -0.3 is 16.0 Å². The zero-order valence-electron chi connectivity index (χ0n) is 14.9. The van der Waals surface area contributed by atoms with E-state index in [1.165, 1.54) is 6.42 Å². The highest BCUT2D eigenvalue weighted by Gasteiger charge is 2.21. The van der Waals surface area contributed by atoms with Crippen LogP contribution in [0, 0.1) is 5.92 Å². The van der Waals surface area contributed by atoms with Gasteiger partial charge in [0.2, 0.25) is 5.91 Å². The van der Waals surface area contributed by atoms with Crippen LogP contribution in [0.4, 0.5) is 5.69 Å². The van der Waals surface area contributed by atoms with E-state index in [0.29, 0.717) is 11.3 Å². The van der Waals surface area contributed by atoms with Gasteiger partial charge in [0, 0.05) is 23.2 Å². The Morgan fingerprint density at radius 2 is 1.96 bits per heavy atom. The summed E-state index contributed by atoms with van der Waals surface area (Å²) in [6, 6.07) is 7.22. The molecule has 1 fully saturated rings. The Hall–Kier alpha value is -1.95. The molecule has 0 heterocycles. The van der Waals surface area contributed by atoms with Gasteiger partial charge in [0.15, 0.2) is 5.11 Å². The summed E-state index contributed by atoms with van der Waals surface area (Å²) in [4.78, 5) is 24.4. The molecule has 0 radical (unpaired) electrons. The monoisotopic (exact) mass is 361 g/mol. The molecule has 5 nitrogen and oxygen atoms in total. The fraction of sp³-hybridized carbons (Fsp3) is 0.526. The number of rotatable bonds is 5. The molecule has 0 aromatic heterocycles. The first kappa shape index (κ1) is 19.4. The van der Waals surface area contributed by atoms with Crippen molar-refractivity contribution in [2.75, 3.05) is 5.32 Å². The lowest BCUT2D eigenvalue weighted by molar-refractivity contribution is -0.124. The average Bonchev–Trinajstić information content (AvgIpc) is 2.62. The van der Waals surface area contributed by atoms with Gasteiger partial charge in [0.25, 0.3) is 5.91 Å². The number of benzene rings is 1. The number of hydrogen-bond acceptors (Lipinski definition) is 3. The van der Waals surface area contributed by atoms with E-state index in [2.05, 4.69) is 16.0 Å². The Balaban J connectivity index is 1.91. The normalized spacial score (nSPS) is 15.9. The van der Waals surface area contributed by atoms with Crippen molar-refractivity contribution in [2.24, 2.45) is 5.92 Å². The molecule has 0 spiro atoms. The van der Waals surface area contributed by atoms with Crippen molar-refractivity contribution < 1.29 is 9.59 Å². The van der Waals surface area contributed by atoms with Gasteiger partial charge in [-0.3, -0.25) is 9.59 Å². The molecule has 1 saturated carbocycles. The summed E-state index contributed by atoms with van der Waals surface area (Å²) in [6.45, 7) is 3.99. The van der Waals surface area contributed by atoms with Gasteiger partial charge in [0.05, 0.1) is 0 Å². The molecular weight excluding hydrogens is 334 g/mol. The molecule has 136 valence electrons. The van der Waals surface area contributed by atoms with Crippen LogP contribution in [0.15, 0.2) is 24.3 Å². The number of anilines is 1. The molecule has 1 aromatic rings. The lowest BCUT2D eigenvalue weighted by Crippen LogP contribution is -2.39. The number of carbonyl (C=O) groups is 2. The topological polar surface area (TPSA) is 70.2 Å². The van der Waals surface area contributed by atoms with Gasteiger partial charge in [-0.15, -0.1) is 0 Å². The van der Waals surface area contributed by atoms with Crippen LogP contribution in [0.25, 0.3) is 0 Å². The minimum Gasteiger partial charge on any atom is -0.350 e. The molecule has 1 aliphatic rings. The van der Waals surface area contributed by atoms with Gasteiger partial charge in [-0.1, -0.05) is 32.3 Å². The van der Waals surface area contributed by atoms with Crippen molar-refractivity contribution in [3.63, 3.8) is 0 Å². The third-order valence-electron chi connectivity index (χ3n) is 4.59. The number of nitrogens with one attached hydrogen (secondary N) is 3. The van der Waals surface area contributed by atoms with Gasteiger partial charge in [-0.25, -0.2) is 0 Å². The molecule has 2 rings (SSSR count). The Labute approximate surface area is 155 Å². The maximum atomic E-state index is 12.2. The molecule has 0 saturated heterocycles. The smallest absolute Gasteiger partial charge is 0.251 e. The summed E-state index contributed by atoms with van der Waals surface area (Å²) in [6.07, 6.45) is 6.15. The maximum absolute atomic E-state index is 12.2. The predicted molar refractivity (Wildman–Crippen MR) is 105 cm³/mol. The zero-order valence-corrected chi connectivity index (χ0v) is 15.7. The van der Waals surface area contributed by atoms with E-state index in [1.54, 1.807) is 18.2 Å². The Morgan fingerprint density at radius 1 is 1.24 bits per heavy atom. The fourth-order valence-corrected chi connectivity index (χ4v) is 3.11.